The molecule has 0 saturated heterocycles. The smallest absolute Gasteiger partial charge is 0.296 e. The summed E-state index contributed by atoms with van der Waals surface area (Å²) in [5.74, 6) is -0.170. The molecular weight excluding hydrogens is 329 g/mol. The molecule has 0 radical (unpaired) electrons. The van der Waals surface area contributed by atoms with Crippen molar-refractivity contribution in [1.29, 1.82) is 0 Å². The highest BCUT2D eigenvalue weighted by molar-refractivity contribution is 7.90. The first-order chi connectivity index (χ1) is 11.4. The first-order valence-corrected chi connectivity index (χ1v) is 8.81. The van der Waals surface area contributed by atoms with Crippen molar-refractivity contribution >= 4 is 15.7 Å². The minimum atomic E-state index is -3.28. The molecule has 0 amide bonds. The standard InChI is InChI=1S/C17H12FN3O2S/c1-19-17-11-16(12-3-9-15(10-4-12)24(2,22)23)21(20-17)14-7-5-13(18)6-8-14/h3-11H,2H3. The van der Waals surface area contributed by atoms with E-state index in [0.717, 1.165) is 6.26 Å². The van der Waals surface area contributed by atoms with Crippen molar-refractivity contribution in [2.24, 2.45) is 0 Å². The van der Waals surface area contributed by atoms with E-state index in [1.54, 1.807) is 30.3 Å². The molecule has 7 heteroatoms. The SMILES string of the molecule is [C-]#[N+]c1cc(-c2ccc(S(C)(=O)=O)cc2)n(-c2ccc(F)cc2)n1. The summed E-state index contributed by atoms with van der Waals surface area (Å²) in [6.45, 7) is 7.14. The zero-order valence-corrected chi connectivity index (χ0v) is 13.5. The van der Waals surface area contributed by atoms with Gasteiger partial charge in [0.25, 0.3) is 5.82 Å². The quantitative estimate of drug-likeness (QED) is 0.684. The van der Waals surface area contributed by atoms with E-state index in [1.807, 2.05) is 0 Å². The molecule has 0 bridgehead atoms. The number of aromatic nitrogens is 2. The highest BCUT2D eigenvalue weighted by Gasteiger charge is 2.15. The zero-order valence-electron chi connectivity index (χ0n) is 12.6. The number of rotatable bonds is 3. The van der Waals surface area contributed by atoms with Crippen molar-refractivity contribution < 1.29 is 12.8 Å². The average Bonchev–Trinajstić information content (AvgIpc) is 2.99. The second-order valence-electron chi connectivity index (χ2n) is 5.18. The summed E-state index contributed by atoms with van der Waals surface area (Å²) in [5.41, 5.74) is 1.93. The zero-order chi connectivity index (χ0) is 17.3. The van der Waals surface area contributed by atoms with Gasteiger partial charge in [0.2, 0.25) is 0 Å². The molecule has 0 N–H and O–H groups in total. The molecule has 2 aromatic carbocycles. The van der Waals surface area contributed by atoms with Gasteiger partial charge in [-0.3, -0.25) is 0 Å². The van der Waals surface area contributed by atoms with Crippen LogP contribution in [0.25, 0.3) is 21.8 Å². The predicted molar refractivity (Wildman–Crippen MR) is 88.3 cm³/mol. The molecule has 24 heavy (non-hydrogen) atoms. The van der Waals surface area contributed by atoms with Gasteiger partial charge in [-0.2, -0.15) is 4.68 Å². The van der Waals surface area contributed by atoms with Crippen LogP contribution in [0.3, 0.4) is 0 Å². The van der Waals surface area contributed by atoms with E-state index >= 15 is 0 Å². The fraction of sp³-hybridized carbons (Fsp3) is 0.0588. The molecule has 1 heterocycles. The fourth-order valence-corrected chi connectivity index (χ4v) is 2.91. The summed E-state index contributed by atoms with van der Waals surface area (Å²) in [5, 5.41) is 4.20. The predicted octanol–water partition coefficient (Wildman–Crippen LogP) is 3.63. The molecule has 0 spiro atoms. The molecule has 0 saturated carbocycles. The molecule has 0 unspecified atom stereocenters. The number of nitrogens with zero attached hydrogens (tertiary/aromatic N) is 3. The molecule has 0 aliphatic carbocycles. The maximum atomic E-state index is 13.1. The maximum absolute atomic E-state index is 13.1. The van der Waals surface area contributed by atoms with E-state index in [0.29, 0.717) is 16.9 Å². The van der Waals surface area contributed by atoms with Crippen LogP contribution < -0.4 is 0 Å². The Bertz CT molecular complexity index is 1030. The Kier molecular flexibility index (Phi) is 3.91. The lowest BCUT2D eigenvalue weighted by Gasteiger charge is -2.06. The van der Waals surface area contributed by atoms with Crippen LogP contribution in [0, 0.1) is 12.4 Å². The Morgan fingerprint density at radius 3 is 2.25 bits per heavy atom. The molecule has 5 nitrogen and oxygen atoms in total. The third-order valence-corrected chi connectivity index (χ3v) is 4.59. The lowest BCUT2D eigenvalue weighted by Crippen LogP contribution is -2.00. The average molecular weight is 341 g/mol. The third kappa shape index (κ3) is 3.05. The van der Waals surface area contributed by atoms with E-state index < -0.39 is 9.84 Å². The van der Waals surface area contributed by atoms with Crippen molar-refractivity contribution in [2.75, 3.05) is 6.26 Å². The summed E-state index contributed by atoms with van der Waals surface area (Å²) in [4.78, 5) is 3.54. The minimum absolute atomic E-state index is 0.196. The summed E-state index contributed by atoms with van der Waals surface area (Å²) >= 11 is 0. The van der Waals surface area contributed by atoms with Gasteiger partial charge in [-0.05, 0) is 47.6 Å². The maximum Gasteiger partial charge on any atom is 0.296 e. The van der Waals surface area contributed by atoms with Crippen molar-refractivity contribution in [3.63, 3.8) is 0 Å². The van der Waals surface area contributed by atoms with Crippen LogP contribution in [0.15, 0.2) is 59.5 Å². The van der Waals surface area contributed by atoms with Crippen LogP contribution in [-0.2, 0) is 9.84 Å². The van der Waals surface area contributed by atoms with Gasteiger partial charge in [0.05, 0.1) is 16.3 Å². The van der Waals surface area contributed by atoms with Crippen LogP contribution in [0.2, 0.25) is 0 Å². The Hall–Kier alpha value is -2.98. The van der Waals surface area contributed by atoms with Crippen LogP contribution in [0.1, 0.15) is 0 Å². The van der Waals surface area contributed by atoms with Gasteiger partial charge in [0, 0.05) is 11.8 Å². The van der Waals surface area contributed by atoms with Crippen molar-refractivity contribution in [3.05, 3.63) is 71.8 Å². The van der Waals surface area contributed by atoms with E-state index in [2.05, 4.69) is 9.94 Å². The van der Waals surface area contributed by atoms with Crippen molar-refractivity contribution in [3.8, 4) is 16.9 Å². The Balaban J connectivity index is 2.12. The molecule has 120 valence electrons. The van der Waals surface area contributed by atoms with Crippen LogP contribution in [-0.4, -0.2) is 24.5 Å². The topological polar surface area (TPSA) is 56.3 Å². The highest BCUT2D eigenvalue weighted by Crippen LogP contribution is 2.28. The molecule has 3 rings (SSSR count). The number of sulfone groups is 1. The number of hydrogen-bond acceptors (Lipinski definition) is 3. The first-order valence-electron chi connectivity index (χ1n) is 6.92. The molecule has 1 aromatic heterocycles. The largest absolute Gasteiger partial charge is 0.359 e. The van der Waals surface area contributed by atoms with Gasteiger partial charge >= 0.3 is 0 Å². The minimum Gasteiger partial charge on any atom is -0.359 e. The van der Waals surface area contributed by atoms with Crippen molar-refractivity contribution in [1.82, 2.24) is 9.78 Å². The van der Waals surface area contributed by atoms with E-state index in [4.69, 9.17) is 6.57 Å². The Morgan fingerprint density at radius 2 is 1.71 bits per heavy atom. The van der Waals surface area contributed by atoms with Gasteiger partial charge in [-0.25, -0.2) is 12.8 Å². The van der Waals surface area contributed by atoms with Gasteiger partial charge in [0.15, 0.2) is 9.84 Å². The van der Waals surface area contributed by atoms with Crippen molar-refractivity contribution in [2.45, 2.75) is 4.90 Å². The molecule has 3 aromatic rings. The van der Waals surface area contributed by atoms with Gasteiger partial charge < -0.3 is 4.85 Å². The second-order valence-corrected chi connectivity index (χ2v) is 7.20. The summed E-state index contributed by atoms with van der Waals surface area (Å²) < 4.78 is 37.8. The van der Waals surface area contributed by atoms with Gasteiger partial charge in [-0.15, -0.1) is 0 Å². The molecule has 0 aliphatic rings. The molecular formula is C17H12FN3O2S. The second kappa shape index (κ2) is 5.91. The van der Waals surface area contributed by atoms with E-state index in [9.17, 15) is 12.8 Å². The number of halogens is 1. The normalized spacial score (nSPS) is 11.2. The van der Waals surface area contributed by atoms with E-state index in [-0.39, 0.29) is 16.5 Å². The third-order valence-electron chi connectivity index (χ3n) is 3.46. The first kappa shape index (κ1) is 15.9. The van der Waals surface area contributed by atoms with Crippen LogP contribution in [0.4, 0.5) is 10.2 Å². The Labute approximate surface area is 138 Å². The van der Waals surface area contributed by atoms with Crippen LogP contribution >= 0.6 is 0 Å². The van der Waals surface area contributed by atoms with E-state index in [1.165, 1.54) is 28.9 Å². The van der Waals surface area contributed by atoms with Gasteiger partial charge in [-0.1, -0.05) is 18.7 Å². The lowest BCUT2D eigenvalue weighted by atomic mass is 10.1. The molecule has 0 aliphatic heterocycles. The molecule has 0 fully saturated rings. The van der Waals surface area contributed by atoms with Gasteiger partial charge in [0.1, 0.15) is 5.82 Å². The fourth-order valence-electron chi connectivity index (χ4n) is 2.28. The number of benzene rings is 2. The summed E-state index contributed by atoms with van der Waals surface area (Å²) in [6, 6.07) is 13.7. The summed E-state index contributed by atoms with van der Waals surface area (Å²) in [6.07, 6.45) is 1.14. The number of hydrogen-bond donors (Lipinski definition) is 0. The highest BCUT2D eigenvalue weighted by atomic mass is 32.2. The van der Waals surface area contributed by atoms with Crippen LogP contribution in [0.5, 0.6) is 0 Å². The lowest BCUT2D eigenvalue weighted by molar-refractivity contribution is 0.602. The summed E-state index contributed by atoms with van der Waals surface area (Å²) in [7, 11) is -3.28. The monoisotopic (exact) mass is 341 g/mol. The molecule has 0 atom stereocenters. The Morgan fingerprint density at radius 1 is 1.08 bits per heavy atom.